The number of hydrogen-bond acceptors (Lipinski definition) is 4. The highest BCUT2D eigenvalue weighted by Crippen LogP contribution is 2.35. The molecule has 0 fully saturated rings. The first-order chi connectivity index (χ1) is 16.7. The van der Waals surface area contributed by atoms with E-state index >= 15 is 0 Å². The molecule has 0 saturated heterocycles. The lowest BCUT2D eigenvalue weighted by atomic mass is 10.1. The predicted octanol–water partition coefficient (Wildman–Crippen LogP) is 6.65. The SMILES string of the molecule is CCOC(=O)c1cc2c(-c3ccc(Cl)cc3)n(-c3ccc(Cl)cc3Cl)nc2n(CCC(F)F)c1=O. The van der Waals surface area contributed by atoms with E-state index in [1.165, 1.54) is 16.8 Å². The molecule has 0 aliphatic carbocycles. The minimum atomic E-state index is -2.66. The first kappa shape index (κ1) is 25.2. The van der Waals surface area contributed by atoms with E-state index in [1.807, 2.05) is 0 Å². The van der Waals surface area contributed by atoms with E-state index < -0.39 is 24.4 Å². The first-order valence-corrected chi connectivity index (χ1v) is 11.7. The Morgan fingerprint density at radius 3 is 2.37 bits per heavy atom. The van der Waals surface area contributed by atoms with Crippen molar-refractivity contribution in [1.82, 2.24) is 14.3 Å². The third-order valence-corrected chi connectivity index (χ3v) is 6.03. The van der Waals surface area contributed by atoms with Crippen LogP contribution in [0.3, 0.4) is 0 Å². The molecule has 2 aromatic heterocycles. The number of benzene rings is 2. The highest BCUT2D eigenvalue weighted by atomic mass is 35.5. The molecule has 0 aliphatic heterocycles. The van der Waals surface area contributed by atoms with E-state index in [2.05, 4.69) is 5.10 Å². The van der Waals surface area contributed by atoms with Crippen molar-refractivity contribution in [2.24, 2.45) is 0 Å². The maximum absolute atomic E-state index is 13.2. The zero-order valence-corrected chi connectivity index (χ0v) is 20.5. The minimum Gasteiger partial charge on any atom is -0.462 e. The molecule has 2 heterocycles. The average Bonchev–Trinajstić information content (AvgIpc) is 3.17. The zero-order valence-electron chi connectivity index (χ0n) is 18.3. The van der Waals surface area contributed by atoms with Crippen LogP contribution in [0.5, 0.6) is 0 Å². The Labute approximate surface area is 213 Å². The molecule has 2 aromatic carbocycles. The molecule has 0 radical (unpaired) electrons. The number of pyridine rings is 1. The second kappa shape index (κ2) is 10.4. The van der Waals surface area contributed by atoms with E-state index in [4.69, 9.17) is 39.5 Å². The monoisotopic (exact) mass is 539 g/mol. The Balaban J connectivity index is 2.11. The predicted molar refractivity (Wildman–Crippen MR) is 132 cm³/mol. The quantitative estimate of drug-likeness (QED) is 0.246. The zero-order chi connectivity index (χ0) is 25.3. The van der Waals surface area contributed by atoms with Gasteiger partial charge in [0.2, 0.25) is 6.43 Å². The number of carbonyl (C=O) groups excluding carboxylic acids is 1. The van der Waals surface area contributed by atoms with Crippen molar-refractivity contribution in [2.45, 2.75) is 26.3 Å². The van der Waals surface area contributed by atoms with Gasteiger partial charge in [-0.3, -0.25) is 9.36 Å². The van der Waals surface area contributed by atoms with Crippen LogP contribution in [0.4, 0.5) is 8.78 Å². The number of ether oxygens (including phenoxy) is 1. The van der Waals surface area contributed by atoms with Crippen LogP contribution >= 0.6 is 34.8 Å². The van der Waals surface area contributed by atoms with Crippen LogP contribution in [0.15, 0.2) is 53.3 Å². The molecule has 6 nitrogen and oxygen atoms in total. The molecule has 0 unspecified atom stereocenters. The summed E-state index contributed by atoms with van der Waals surface area (Å²) < 4.78 is 33.8. The normalized spacial score (nSPS) is 11.4. The van der Waals surface area contributed by atoms with Gasteiger partial charge in [0.25, 0.3) is 5.56 Å². The van der Waals surface area contributed by atoms with E-state index in [0.717, 1.165) is 4.57 Å². The summed E-state index contributed by atoms with van der Waals surface area (Å²) in [6, 6.07) is 13.0. The Morgan fingerprint density at radius 1 is 1.06 bits per heavy atom. The van der Waals surface area contributed by atoms with Gasteiger partial charge in [0, 0.05) is 34.0 Å². The van der Waals surface area contributed by atoms with E-state index in [-0.39, 0.29) is 29.4 Å². The summed E-state index contributed by atoms with van der Waals surface area (Å²) in [5, 5.41) is 6.12. The van der Waals surface area contributed by atoms with Crippen LogP contribution < -0.4 is 5.56 Å². The summed E-state index contributed by atoms with van der Waals surface area (Å²) in [6.45, 7) is 1.29. The first-order valence-electron chi connectivity index (χ1n) is 10.5. The lowest BCUT2D eigenvalue weighted by Gasteiger charge is -2.11. The fraction of sp³-hybridized carbons (Fsp3) is 0.208. The molecule has 35 heavy (non-hydrogen) atoms. The van der Waals surface area contributed by atoms with Crippen LogP contribution in [0.1, 0.15) is 23.7 Å². The van der Waals surface area contributed by atoms with Crippen LogP contribution in [0.25, 0.3) is 28.0 Å². The topological polar surface area (TPSA) is 66.1 Å². The number of rotatable bonds is 7. The smallest absolute Gasteiger partial charge is 0.343 e. The summed E-state index contributed by atoms with van der Waals surface area (Å²) in [7, 11) is 0. The Morgan fingerprint density at radius 2 is 1.74 bits per heavy atom. The van der Waals surface area contributed by atoms with Gasteiger partial charge in [-0.15, -0.1) is 5.10 Å². The summed E-state index contributed by atoms with van der Waals surface area (Å²) in [6.07, 6.45) is -3.27. The van der Waals surface area contributed by atoms with E-state index in [9.17, 15) is 18.4 Å². The molecule has 0 atom stereocenters. The maximum atomic E-state index is 13.2. The molecular weight excluding hydrogens is 523 g/mol. The van der Waals surface area contributed by atoms with Crippen LogP contribution in [-0.4, -0.2) is 33.3 Å². The number of hydrogen-bond donors (Lipinski definition) is 0. The van der Waals surface area contributed by atoms with Crippen molar-refractivity contribution in [3.8, 4) is 16.9 Å². The second-order valence-electron chi connectivity index (χ2n) is 7.52. The summed E-state index contributed by atoms with van der Waals surface area (Å²) in [4.78, 5) is 25.8. The molecule has 182 valence electrons. The molecule has 0 saturated carbocycles. The van der Waals surface area contributed by atoms with E-state index in [0.29, 0.717) is 32.4 Å². The molecule has 0 aliphatic rings. The van der Waals surface area contributed by atoms with Crippen molar-refractivity contribution in [1.29, 1.82) is 0 Å². The van der Waals surface area contributed by atoms with Crippen molar-refractivity contribution < 1.29 is 18.3 Å². The third kappa shape index (κ3) is 5.05. The molecule has 11 heteroatoms. The lowest BCUT2D eigenvalue weighted by molar-refractivity contribution is 0.0523. The van der Waals surface area contributed by atoms with Crippen molar-refractivity contribution in [3.05, 3.63) is 79.5 Å². The Hall–Kier alpha value is -2.94. The van der Waals surface area contributed by atoms with Gasteiger partial charge >= 0.3 is 5.97 Å². The largest absolute Gasteiger partial charge is 0.462 e. The lowest BCUT2D eigenvalue weighted by Crippen LogP contribution is -2.28. The van der Waals surface area contributed by atoms with Crippen molar-refractivity contribution >= 4 is 51.8 Å². The number of carbonyl (C=O) groups is 1. The molecule has 0 amide bonds. The van der Waals surface area contributed by atoms with E-state index in [1.54, 1.807) is 43.3 Å². The van der Waals surface area contributed by atoms with Crippen molar-refractivity contribution in [3.63, 3.8) is 0 Å². The van der Waals surface area contributed by atoms with Gasteiger partial charge in [-0.25, -0.2) is 18.3 Å². The van der Waals surface area contributed by atoms with Crippen LogP contribution in [0, 0.1) is 0 Å². The summed E-state index contributed by atoms with van der Waals surface area (Å²) in [5.41, 5.74) is 0.591. The summed E-state index contributed by atoms with van der Waals surface area (Å²) in [5.74, 6) is -0.857. The molecular formula is C24H18Cl3F2N3O3. The van der Waals surface area contributed by atoms with Gasteiger partial charge in [0.15, 0.2) is 5.65 Å². The summed E-state index contributed by atoms with van der Waals surface area (Å²) >= 11 is 18.6. The molecule has 0 N–H and O–H groups in total. The fourth-order valence-corrected chi connectivity index (χ4v) is 4.32. The standard InChI is InChI=1S/C24H18Cl3F2N3O3/c1-2-35-24(34)17-12-16-21(13-3-5-14(25)6-4-13)32(19-8-7-15(26)11-18(19)27)30-22(16)31(23(17)33)10-9-20(28)29/h3-8,11-12,20H,2,9-10H2,1H3. The van der Waals surface area contributed by atoms with Crippen LogP contribution in [0.2, 0.25) is 15.1 Å². The van der Waals surface area contributed by atoms with Gasteiger partial charge in [-0.2, -0.15) is 0 Å². The van der Waals surface area contributed by atoms with Crippen molar-refractivity contribution in [2.75, 3.05) is 6.61 Å². The van der Waals surface area contributed by atoms with Crippen LogP contribution in [-0.2, 0) is 11.3 Å². The number of nitrogens with zero attached hydrogens (tertiary/aromatic N) is 3. The van der Waals surface area contributed by atoms with Gasteiger partial charge < -0.3 is 4.74 Å². The number of aromatic nitrogens is 3. The van der Waals surface area contributed by atoms with Gasteiger partial charge in [-0.1, -0.05) is 46.9 Å². The number of halogens is 5. The number of fused-ring (bicyclic) bond motifs is 1. The third-order valence-electron chi connectivity index (χ3n) is 5.24. The molecule has 4 rings (SSSR count). The number of alkyl halides is 2. The Bertz CT molecular complexity index is 1470. The van der Waals surface area contributed by atoms with Gasteiger partial charge in [0.05, 0.1) is 23.0 Å². The maximum Gasteiger partial charge on any atom is 0.343 e. The van der Waals surface area contributed by atoms with Gasteiger partial charge in [0.1, 0.15) is 5.56 Å². The molecule has 0 spiro atoms. The minimum absolute atomic E-state index is 0.0387. The second-order valence-corrected chi connectivity index (χ2v) is 8.80. The molecule has 0 bridgehead atoms. The number of aryl methyl sites for hydroxylation is 1. The fourth-order valence-electron chi connectivity index (χ4n) is 3.70. The number of esters is 1. The average molecular weight is 541 g/mol. The highest BCUT2D eigenvalue weighted by molar-refractivity contribution is 6.35. The highest BCUT2D eigenvalue weighted by Gasteiger charge is 2.25. The molecule has 4 aromatic rings. The Kier molecular flexibility index (Phi) is 7.44. The van der Waals surface area contributed by atoms with Gasteiger partial charge in [-0.05, 0) is 43.3 Å².